The highest BCUT2D eigenvalue weighted by Gasteiger charge is 2.17. The lowest BCUT2D eigenvalue weighted by molar-refractivity contribution is 0.0928. The van der Waals surface area contributed by atoms with Gasteiger partial charge in [-0.25, -0.2) is 4.39 Å². The molecule has 0 radical (unpaired) electrons. The zero-order valence-corrected chi connectivity index (χ0v) is 9.72. The van der Waals surface area contributed by atoms with E-state index >= 15 is 0 Å². The number of benzene rings is 1. The van der Waals surface area contributed by atoms with Crippen LogP contribution in [0.3, 0.4) is 0 Å². The second-order valence-electron chi connectivity index (χ2n) is 4.04. The third kappa shape index (κ3) is 2.41. The highest BCUT2D eigenvalue weighted by atomic mass is 19.1. The lowest BCUT2D eigenvalue weighted by Crippen LogP contribution is -2.17. The Kier molecular flexibility index (Phi) is 3.04. The minimum atomic E-state index is -0.498. The number of ketones is 1. The molecule has 0 amide bonds. The zero-order valence-electron chi connectivity index (χ0n) is 9.72. The van der Waals surface area contributed by atoms with E-state index in [1.54, 1.807) is 19.1 Å². The molecular weight excluding hydrogens is 219 g/mol. The fourth-order valence-corrected chi connectivity index (χ4v) is 1.61. The normalized spacial score (nSPS) is 12.4. The smallest absolute Gasteiger partial charge is 0.187 e. The quantitative estimate of drug-likeness (QED) is 0.763. The van der Waals surface area contributed by atoms with E-state index in [0.717, 1.165) is 11.8 Å². The van der Waals surface area contributed by atoms with Crippen LogP contribution in [0, 0.1) is 12.7 Å². The number of rotatable bonds is 3. The first-order valence-corrected chi connectivity index (χ1v) is 5.38. The molecule has 0 saturated heterocycles. The van der Waals surface area contributed by atoms with Crippen LogP contribution in [0.2, 0.25) is 0 Å². The zero-order chi connectivity index (χ0) is 12.4. The summed E-state index contributed by atoms with van der Waals surface area (Å²) in [5.74, 6) is -0.512. The third-order valence-electron chi connectivity index (χ3n) is 2.68. The number of hydrogen-bond donors (Lipinski definition) is 0. The van der Waals surface area contributed by atoms with Crippen LogP contribution in [-0.2, 0) is 0 Å². The van der Waals surface area contributed by atoms with E-state index in [1.165, 1.54) is 10.9 Å². The summed E-state index contributed by atoms with van der Waals surface area (Å²) in [7, 11) is 0. The molecule has 0 bridgehead atoms. The van der Waals surface area contributed by atoms with Crippen molar-refractivity contribution in [3.63, 3.8) is 0 Å². The number of Topliss-reactive ketones (excluding diaryl/α,β-unsaturated/α-hetero) is 1. The van der Waals surface area contributed by atoms with Gasteiger partial charge in [-0.1, -0.05) is 29.8 Å². The van der Waals surface area contributed by atoms with Gasteiger partial charge in [0.05, 0.1) is 12.4 Å². The summed E-state index contributed by atoms with van der Waals surface area (Å²) in [6.45, 7) is 3.66. The van der Waals surface area contributed by atoms with Crippen molar-refractivity contribution in [2.45, 2.75) is 19.9 Å². The lowest BCUT2D eigenvalue weighted by atomic mass is 10.0. The summed E-state index contributed by atoms with van der Waals surface area (Å²) in [4.78, 5) is 12.1. The molecule has 2 rings (SSSR count). The number of carbonyl (C=O) groups is 1. The van der Waals surface area contributed by atoms with Crippen LogP contribution < -0.4 is 0 Å². The predicted octanol–water partition coefficient (Wildman–Crippen LogP) is 2.77. The van der Waals surface area contributed by atoms with Crippen molar-refractivity contribution in [3.8, 4) is 0 Å². The van der Waals surface area contributed by atoms with Gasteiger partial charge in [0.15, 0.2) is 11.6 Å². The molecule has 1 aromatic heterocycles. The second kappa shape index (κ2) is 4.49. The molecule has 1 atom stereocenters. The van der Waals surface area contributed by atoms with E-state index in [0.29, 0.717) is 5.56 Å². The van der Waals surface area contributed by atoms with Gasteiger partial charge in [-0.2, -0.15) is 5.10 Å². The molecule has 88 valence electrons. The number of carbonyl (C=O) groups excluding carboxylic acids is 1. The average molecular weight is 232 g/mol. The van der Waals surface area contributed by atoms with Crippen molar-refractivity contribution < 1.29 is 9.18 Å². The van der Waals surface area contributed by atoms with Gasteiger partial charge in [0.25, 0.3) is 0 Å². The minimum Gasteiger partial charge on any atom is -0.292 e. The molecule has 0 aliphatic heterocycles. The van der Waals surface area contributed by atoms with Crippen molar-refractivity contribution in [1.82, 2.24) is 9.78 Å². The molecule has 3 nitrogen and oxygen atoms in total. The molecule has 2 aromatic rings. The maximum atomic E-state index is 12.8. The van der Waals surface area contributed by atoms with Gasteiger partial charge in [0, 0.05) is 5.56 Å². The molecule has 0 saturated carbocycles. The van der Waals surface area contributed by atoms with Crippen molar-refractivity contribution >= 4 is 5.78 Å². The third-order valence-corrected chi connectivity index (χ3v) is 2.68. The number of hydrogen-bond acceptors (Lipinski definition) is 2. The molecule has 17 heavy (non-hydrogen) atoms. The monoisotopic (exact) mass is 232 g/mol. The van der Waals surface area contributed by atoms with Crippen molar-refractivity contribution in [3.05, 3.63) is 53.6 Å². The summed E-state index contributed by atoms with van der Waals surface area (Å²) in [6.07, 6.45) is 2.32. The SMILES string of the molecule is Cc1ccc(C(=O)[C@@H](C)n2cc(F)cn2)cc1. The molecule has 0 spiro atoms. The Morgan fingerprint density at radius 1 is 1.35 bits per heavy atom. The van der Waals surface area contributed by atoms with Crippen LogP contribution in [-0.4, -0.2) is 15.6 Å². The summed E-state index contributed by atoms with van der Waals surface area (Å²) >= 11 is 0. The van der Waals surface area contributed by atoms with Crippen LogP contribution in [0.25, 0.3) is 0 Å². The van der Waals surface area contributed by atoms with Crippen molar-refractivity contribution in [2.75, 3.05) is 0 Å². The molecule has 1 aromatic carbocycles. The molecule has 0 aliphatic carbocycles. The molecule has 4 heteroatoms. The van der Waals surface area contributed by atoms with Crippen LogP contribution >= 0.6 is 0 Å². The predicted molar refractivity (Wildman–Crippen MR) is 62.4 cm³/mol. The Balaban J connectivity index is 2.23. The Hall–Kier alpha value is -1.97. The number of nitrogens with zero attached hydrogens (tertiary/aromatic N) is 2. The van der Waals surface area contributed by atoms with Crippen LogP contribution in [0.4, 0.5) is 4.39 Å². The Bertz CT molecular complexity index is 531. The van der Waals surface area contributed by atoms with E-state index < -0.39 is 11.9 Å². The van der Waals surface area contributed by atoms with Gasteiger partial charge in [-0.3, -0.25) is 9.48 Å². The Labute approximate surface area is 98.9 Å². The number of halogens is 1. The molecule has 0 N–H and O–H groups in total. The first-order chi connectivity index (χ1) is 8.08. The average Bonchev–Trinajstić information content (AvgIpc) is 2.75. The van der Waals surface area contributed by atoms with E-state index in [2.05, 4.69) is 5.10 Å². The molecule has 0 aliphatic rings. The lowest BCUT2D eigenvalue weighted by Gasteiger charge is -2.10. The minimum absolute atomic E-state index is 0.0758. The van der Waals surface area contributed by atoms with E-state index in [9.17, 15) is 9.18 Å². The van der Waals surface area contributed by atoms with E-state index in [-0.39, 0.29) is 5.78 Å². The van der Waals surface area contributed by atoms with E-state index in [4.69, 9.17) is 0 Å². The summed E-state index contributed by atoms with van der Waals surface area (Å²) < 4.78 is 14.1. The van der Waals surface area contributed by atoms with Crippen LogP contribution in [0.5, 0.6) is 0 Å². The molecule has 1 heterocycles. The van der Waals surface area contributed by atoms with Crippen LogP contribution in [0.15, 0.2) is 36.7 Å². The molecule has 0 unspecified atom stereocenters. The Morgan fingerprint density at radius 2 is 2.00 bits per heavy atom. The van der Waals surface area contributed by atoms with Gasteiger partial charge in [-0.15, -0.1) is 0 Å². The fourth-order valence-electron chi connectivity index (χ4n) is 1.61. The van der Waals surface area contributed by atoms with Gasteiger partial charge >= 0.3 is 0 Å². The maximum Gasteiger partial charge on any atom is 0.187 e. The summed E-state index contributed by atoms with van der Waals surface area (Å²) in [5.41, 5.74) is 1.71. The van der Waals surface area contributed by atoms with Crippen molar-refractivity contribution in [1.29, 1.82) is 0 Å². The topological polar surface area (TPSA) is 34.9 Å². The molecular formula is C13H13FN2O. The van der Waals surface area contributed by atoms with Gasteiger partial charge in [0.1, 0.15) is 6.04 Å². The van der Waals surface area contributed by atoms with Gasteiger partial charge in [-0.05, 0) is 13.8 Å². The summed E-state index contributed by atoms with van der Waals surface area (Å²) in [5, 5.41) is 3.80. The summed E-state index contributed by atoms with van der Waals surface area (Å²) in [6, 6.07) is 6.80. The number of aryl methyl sites for hydroxylation is 1. The first kappa shape index (κ1) is 11.5. The van der Waals surface area contributed by atoms with Crippen LogP contribution in [0.1, 0.15) is 28.9 Å². The largest absolute Gasteiger partial charge is 0.292 e. The highest BCUT2D eigenvalue weighted by molar-refractivity contribution is 5.98. The fraction of sp³-hybridized carbons (Fsp3) is 0.231. The maximum absolute atomic E-state index is 12.8. The first-order valence-electron chi connectivity index (χ1n) is 5.38. The van der Waals surface area contributed by atoms with E-state index in [1.807, 2.05) is 19.1 Å². The Morgan fingerprint density at radius 3 is 2.53 bits per heavy atom. The van der Waals surface area contributed by atoms with Crippen molar-refractivity contribution in [2.24, 2.45) is 0 Å². The number of aromatic nitrogens is 2. The second-order valence-corrected chi connectivity index (χ2v) is 4.04. The van der Waals surface area contributed by atoms with Gasteiger partial charge in [0.2, 0.25) is 0 Å². The standard InChI is InChI=1S/C13H13FN2O/c1-9-3-5-11(6-4-9)13(17)10(2)16-8-12(14)7-15-16/h3-8,10H,1-2H3/t10-/m1/s1. The molecule has 0 fully saturated rings. The van der Waals surface area contributed by atoms with Gasteiger partial charge < -0.3 is 0 Å². The highest BCUT2D eigenvalue weighted by Crippen LogP contribution is 2.14.